The van der Waals surface area contributed by atoms with E-state index < -0.39 is 0 Å². The molecule has 0 spiro atoms. The Morgan fingerprint density at radius 1 is 0.630 bits per heavy atom. The second-order valence-corrected chi connectivity index (χ2v) is 8.12. The van der Waals surface area contributed by atoms with Gasteiger partial charge in [0.05, 0.1) is 12.1 Å². The predicted molar refractivity (Wildman–Crippen MR) is 104 cm³/mol. The minimum absolute atomic E-state index is 0.379. The highest BCUT2D eigenvalue weighted by Gasteiger charge is 2.46. The van der Waals surface area contributed by atoms with Crippen LogP contribution in [0.3, 0.4) is 0 Å². The lowest BCUT2D eigenvalue weighted by Gasteiger charge is -2.23. The molecule has 2 fully saturated rings. The van der Waals surface area contributed by atoms with E-state index in [0.29, 0.717) is 37.1 Å². The Bertz CT molecular complexity index is 887. The van der Waals surface area contributed by atoms with Crippen molar-refractivity contribution in [1.29, 1.82) is 0 Å². The summed E-state index contributed by atoms with van der Waals surface area (Å²) in [7, 11) is 0. The van der Waals surface area contributed by atoms with E-state index in [1.807, 2.05) is 0 Å². The summed E-state index contributed by atoms with van der Waals surface area (Å²) in [6.45, 7) is 1.31. The monoisotopic (exact) mass is 358 g/mol. The highest BCUT2D eigenvalue weighted by Crippen LogP contribution is 2.48. The van der Waals surface area contributed by atoms with Crippen molar-refractivity contribution >= 4 is 11.8 Å². The van der Waals surface area contributed by atoms with Crippen LogP contribution in [0.5, 0.6) is 0 Å². The third-order valence-electron chi connectivity index (χ3n) is 6.57. The van der Waals surface area contributed by atoms with Crippen molar-refractivity contribution in [2.75, 3.05) is 0 Å². The number of hydrogen-bond acceptors (Lipinski definition) is 4. The molecular weight excluding hydrogens is 336 g/mol. The van der Waals surface area contributed by atoms with Gasteiger partial charge in [-0.2, -0.15) is 0 Å². The first-order chi connectivity index (χ1) is 13.3. The van der Waals surface area contributed by atoms with Crippen molar-refractivity contribution in [3.63, 3.8) is 0 Å². The highest BCUT2D eigenvalue weighted by molar-refractivity contribution is 5.98. The van der Waals surface area contributed by atoms with E-state index in [4.69, 9.17) is 19.5 Å². The lowest BCUT2D eigenvalue weighted by molar-refractivity contribution is 0.296. The molecule has 27 heavy (non-hydrogen) atoms. The van der Waals surface area contributed by atoms with Crippen molar-refractivity contribution in [3.05, 3.63) is 70.8 Å². The molecule has 0 aromatic heterocycles. The van der Waals surface area contributed by atoms with Crippen LogP contribution < -0.4 is 0 Å². The second-order valence-electron chi connectivity index (χ2n) is 8.12. The van der Waals surface area contributed by atoms with Gasteiger partial charge in [0.15, 0.2) is 0 Å². The molecule has 4 atom stereocenters. The molecule has 136 valence electrons. The molecule has 0 radical (unpaired) electrons. The number of hydrogen-bond donors (Lipinski definition) is 0. The van der Waals surface area contributed by atoms with Crippen molar-refractivity contribution in [1.82, 2.24) is 0 Å². The van der Waals surface area contributed by atoms with Crippen LogP contribution in [0.15, 0.2) is 58.5 Å². The molecule has 2 bridgehead atoms. The first-order valence-corrected chi connectivity index (χ1v) is 9.93. The molecule has 4 nitrogen and oxygen atoms in total. The molecule has 2 aliphatic heterocycles. The Hall–Kier alpha value is -2.62. The summed E-state index contributed by atoms with van der Waals surface area (Å²) in [5.74, 6) is 2.92. The fourth-order valence-electron chi connectivity index (χ4n) is 5.20. The van der Waals surface area contributed by atoms with Crippen molar-refractivity contribution in [2.45, 2.75) is 44.6 Å². The van der Waals surface area contributed by atoms with Crippen LogP contribution in [0, 0.1) is 11.8 Å². The molecule has 0 saturated heterocycles. The summed E-state index contributed by atoms with van der Waals surface area (Å²) >= 11 is 0. The Morgan fingerprint density at radius 3 is 1.59 bits per heavy atom. The van der Waals surface area contributed by atoms with E-state index in [-0.39, 0.29) is 0 Å². The van der Waals surface area contributed by atoms with E-state index in [9.17, 15) is 0 Å². The van der Waals surface area contributed by atoms with Crippen LogP contribution >= 0.6 is 0 Å². The Kier molecular flexibility index (Phi) is 3.40. The smallest absolute Gasteiger partial charge is 0.217 e. The lowest BCUT2D eigenvalue weighted by Crippen LogP contribution is -2.25. The van der Waals surface area contributed by atoms with Gasteiger partial charge >= 0.3 is 0 Å². The van der Waals surface area contributed by atoms with Gasteiger partial charge in [0.2, 0.25) is 11.8 Å². The molecule has 2 aliphatic carbocycles. The van der Waals surface area contributed by atoms with Gasteiger partial charge in [0, 0.05) is 22.3 Å². The largest absolute Gasteiger partial charge is 0.473 e. The Balaban J connectivity index is 1.20. The van der Waals surface area contributed by atoms with Gasteiger partial charge in [-0.3, -0.25) is 0 Å². The van der Waals surface area contributed by atoms with Gasteiger partial charge in [-0.1, -0.05) is 36.4 Å². The van der Waals surface area contributed by atoms with E-state index in [1.165, 1.54) is 28.7 Å². The zero-order chi connectivity index (χ0) is 17.8. The molecule has 4 aliphatic rings. The SMILES string of the molecule is c1ccc2c(c1)COC2=NC1CC2CC1CC2N=C1OCc2ccccc21. The highest BCUT2D eigenvalue weighted by atomic mass is 16.5. The van der Waals surface area contributed by atoms with E-state index in [0.717, 1.165) is 24.6 Å². The summed E-state index contributed by atoms with van der Waals surface area (Å²) < 4.78 is 11.7. The van der Waals surface area contributed by atoms with Gasteiger partial charge in [-0.05, 0) is 43.2 Å². The summed E-state index contributed by atoms with van der Waals surface area (Å²) in [4.78, 5) is 10.0. The predicted octanol–water partition coefficient (Wildman–Crippen LogP) is 4.11. The molecule has 0 N–H and O–H groups in total. The van der Waals surface area contributed by atoms with Crippen LogP contribution in [0.1, 0.15) is 41.5 Å². The number of fused-ring (bicyclic) bond motifs is 4. The van der Waals surface area contributed by atoms with E-state index in [1.54, 1.807) is 0 Å². The first-order valence-electron chi connectivity index (χ1n) is 9.93. The average molecular weight is 358 g/mol. The molecule has 4 unspecified atom stereocenters. The zero-order valence-electron chi connectivity index (χ0n) is 15.2. The summed E-state index contributed by atoms with van der Waals surface area (Å²) in [6.07, 6.45) is 3.46. The Morgan fingerprint density at radius 2 is 1.11 bits per heavy atom. The lowest BCUT2D eigenvalue weighted by atomic mass is 9.91. The van der Waals surface area contributed by atoms with Gasteiger partial charge in [-0.15, -0.1) is 0 Å². The van der Waals surface area contributed by atoms with Crippen LogP contribution in [0.25, 0.3) is 0 Å². The fourth-order valence-corrected chi connectivity index (χ4v) is 5.20. The summed E-state index contributed by atoms with van der Waals surface area (Å²) in [5, 5.41) is 0. The number of ether oxygens (including phenoxy) is 2. The fraction of sp³-hybridized carbons (Fsp3) is 0.391. The molecule has 4 heteroatoms. The van der Waals surface area contributed by atoms with Crippen molar-refractivity contribution < 1.29 is 9.47 Å². The number of benzene rings is 2. The van der Waals surface area contributed by atoms with Gasteiger partial charge in [0.25, 0.3) is 0 Å². The van der Waals surface area contributed by atoms with Crippen LogP contribution in [0.2, 0.25) is 0 Å². The minimum Gasteiger partial charge on any atom is -0.473 e. The van der Waals surface area contributed by atoms with Crippen LogP contribution in [0.4, 0.5) is 0 Å². The maximum Gasteiger partial charge on any atom is 0.217 e. The van der Waals surface area contributed by atoms with Gasteiger partial charge in [0.1, 0.15) is 13.2 Å². The standard InChI is InChI=1S/C23H22N2O2/c1-3-7-18-14(5-1)12-26-22(18)24-20-10-17-9-16(20)11-21(17)25-23-19-8-4-2-6-15(19)13-27-23/h1-8,16-17,20-21H,9-13H2. The normalized spacial score (nSPS) is 33.2. The third kappa shape index (κ3) is 2.50. The second kappa shape index (κ2) is 5.95. The maximum atomic E-state index is 5.87. The maximum absolute atomic E-state index is 5.87. The zero-order valence-corrected chi connectivity index (χ0v) is 15.2. The topological polar surface area (TPSA) is 43.2 Å². The molecule has 2 heterocycles. The average Bonchev–Trinajstić information content (AvgIpc) is 3.47. The quantitative estimate of drug-likeness (QED) is 0.811. The van der Waals surface area contributed by atoms with Gasteiger partial charge in [-0.25, -0.2) is 9.98 Å². The molecular formula is C23H22N2O2. The Labute approximate surface area is 158 Å². The molecule has 2 saturated carbocycles. The summed E-state index contributed by atoms with van der Waals surface area (Å²) in [6, 6.07) is 17.5. The van der Waals surface area contributed by atoms with E-state index >= 15 is 0 Å². The number of rotatable bonds is 2. The number of nitrogens with zero attached hydrogens (tertiary/aromatic N) is 2. The summed E-state index contributed by atoms with van der Waals surface area (Å²) in [5.41, 5.74) is 4.85. The van der Waals surface area contributed by atoms with Crippen LogP contribution in [-0.2, 0) is 22.7 Å². The first kappa shape index (κ1) is 15.4. The van der Waals surface area contributed by atoms with E-state index in [2.05, 4.69) is 48.5 Å². The van der Waals surface area contributed by atoms with Crippen molar-refractivity contribution in [3.8, 4) is 0 Å². The molecule has 2 aromatic carbocycles. The van der Waals surface area contributed by atoms with Crippen LogP contribution in [-0.4, -0.2) is 23.9 Å². The van der Waals surface area contributed by atoms with Gasteiger partial charge < -0.3 is 9.47 Å². The van der Waals surface area contributed by atoms with Crippen molar-refractivity contribution in [2.24, 2.45) is 21.8 Å². The molecule has 6 rings (SSSR count). The number of aliphatic imine (C=N–C) groups is 2. The third-order valence-corrected chi connectivity index (χ3v) is 6.57. The minimum atomic E-state index is 0.379. The molecule has 2 aromatic rings. The molecule has 0 amide bonds.